The predicted octanol–water partition coefficient (Wildman–Crippen LogP) is 4.21. The summed E-state index contributed by atoms with van der Waals surface area (Å²) in [5.74, 6) is 2.20. The van der Waals surface area contributed by atoms with Crippen LogP contribution in [-0.2, 0) is 6.54 Å². The van der Waals surface area contributed by atoms with Gasteiger partial charge in [-0.05, 0) is 42.7 Å². The van der Waals surface area contributed by atoms with Gasteiger partial charge in [-0.1, -0.05) is 23.4 Å². The number of hydrogen-bond donors (Lipinski definition) is 1. The summed E-state index contributed by atoms with van der Waals surface area (Å²) in [6.45, 7) is 5.50. The molecule has 35 heavy (non-hydrogen) atoms. The molecule has 0 unspecified atom stereocenters. The van der Waals surface area contributed by atoms with Gasteiger partial charge < -0.3 is 19.5 Å². The van der Waals surface area contributed by atoms with Gasteiger partial charge in [-0.15, -0.1) is 0 Å². The van der Waals surface area contributed by atoms with Crippen molar-refractivity contribution in [3.05, 3.63) is 72.7 Å². The fourth-order valence-electron chi connectivity index (χ4n) is 5.16. The number of anilines is 2. The number of pyridine rings is 2. The van der Waals surface area contributed by atoms with Gasteiger partial charge in [-0.3, -0.25) is 9.88 Å². The Morgan fingerprint density at radius 1 is 1.00 bits per heavy atom. The monoisotopic (exact) mass is 470 g/mol. The molecule has 2 aliphatic rings. The third-order valence-electron chi connectivity index (χ3n) is 7.09. The van der Waals surface area contributed by atoms with E-state index in [2.05, 4.69) is 42.4 Å². The maximum atomic E-state index is 6.07. The minimum atomic E-state index is 0.527. The molecule has 0 spiro atoms. The Bertz CT molecular complexity index is 1250. The van der Waals surface area contributed by atoms with Crippen LogP contribution in [0, 0.1) is 5.92 Å². The SMILES string of the molecule is c1cncc(NCc2ccc(OC[C@@H]3CC[C@@H]4CN(c5noc6ccccc56)CCN4C3)nc2)c1. The lowest BCUT2D eigenvalue weighted by atomic mass is 9.91. The highest BCUT2D eigenvalue weighted by Gasteiger charge is 2.34. The first-order chi connectivity index (χ1) is 17.3. The smallest absolute Gasteiger partial charge is 0.213 e. The molecule has 2 aliphatic heterocycles. The van der Waals surface area contributed by atoms with E-state index in [0.717, 1.165) is 54.2 Å². The zero-order valence-electron chi connectivity index (χ0n) is 19.7. The number of piperidine rings is 1. The van der Waals surface area contributed by atoms with Gasteiger partial charge in [0.15, 0.2) is 11.4 Å². The number of fused-ring (bicyclic) bond motifs is 2. The quantitative estimate of drug-likeness (QED) is 0.430. The summed E-state index contributed by atoms with van der Waals surface area (Å²) in [5, 5.41) is 8.82. The van der Waals surface area contributed by atoms with E-state index in [-0.39, 0.29) is 0 Å². The highest BCUT2D eigenvalue weighted by Crippen LogP contribution is 2.31. The fraction of sp³-hybridized carbons (Fsp3) is 0.370. The van der Waals surface area contributed by atoms with Crippen LogP contribution in [0.5, 0.6) is 5.88 Å². The van der Waals surface area contributed by atoms with E-state index >= 15 is 0 Å². The molecule has 3 aromatic heterocycles. The van der Waals surface area contributed by atoms with Crippen LogP contribution in [0.25, 0.3) is 11.0 Å². The highest BCUT2D eigenvalue weighted by molar-refractivity contribution is 5.88. The summed E-state index contributed by atoms with van der Waals surface area (Å²) in [7, 11) is 0. The summed E-state index contributed by atoms with van der Waals surface area (Å²) >= 11 is 0. The van der Waals surface area contributed by atoms with Crippen molar-refractivity contribution in [2.45, 2.75) is 25.4 Å². The lowest BCUT2D eigenvalue weighted by molar-refractivity contribution is 0.0717. The second-order valence-electron chi connectivity index (χ2n) is 9.45. The van der Waals surface area contributed by atoms with Crippen LogP contribution in [0.1, 0.15) is 18.4 Å². The summed E-state index contributed by atoms with van der Waals surface area (Å²) in [6, 6.07) is 16.6. The Morgan fingerprint density at radius 3 is 2.86 bits per heavy atom. The van der Waals surface area contributed by atoms with Crippen molar-refractivity contribution in [2.75, 3.05) is 43.0 Å². The lowest BCUT2D eigenvalue weighted by Gasteiger charge is -2.46. The van der Waals surface area contributed by atoms with Crippen molar-refractivity contribution in [2.24, 2.45) is 5.92 Å². The Labute approximate surface area is 204 Å². The third kappa shape index (κ3) is 4.93. The number of nitrogens with zero attached hydrogens (tertiary/aromatic N) is 5. The van der Waals surface area contributed by atoms with E-state index in [1.807, 2.05) is 48.8 Å². The summed E-state index contributed by atoms with van der Waals surface area (Å²) in [6.07, 6.45) is 7.80. The zero-order chi connectivity index (χ0) is 23.5. The van der Waals surface area contributed by atoms with E-state index in [1.54, 1.807) is 6.20 Å². The predicted molar refractivity (Wildman–Crippen MR) is 136 cm³/mol. The summed E-state index contributed by atoms with van der Waals surface area (Å²) < 4.78 is 11.6. The van der Waals surface area contributed by atoms with Crippen molar-refractivity contribution in [1.29, 1.82) is 0 Å². The molecule has 0 amide bonds. The van der Waals surface area contributed by atoms with E-state index in [1.165, 1.54) is 12.8 Å². The highest BCUT2D eigenvalue weighted by atomic mass is 16.5. The molecule has 0 saturated carbocycles. The molecule has 0 aliphatic carbocycles. The number of rotatable bonds is 7. The van der Waals surface area contributed by atoms with Crippen LogP contribution in [0.15, 0.2) is 71.6 Å². The number of piperazine rings is 1. The Morgan fingerprint density at radius 2 is 1.97 bits per heavy atom. The van der Waals surface area contributed by atoms with Crippen molar-refractivity contribution in [3.8, 4) is 5.88 Å². The van der Waals surface area contributed by atoms with Crippen LogP contribution in [-0.4, -0.2) is 58.9 Å². The molecule has 1 N–H and O–H groups in total. The minimum Gasteiger partial charge on any atom is -0.477 e. The second-order valence-corrected chi connectivity index (χ2v) is 9.45. The van der Waals surface area contributed by atoms with Gasteiger partial charge in [0.1, 0.15) is 0 Å². The molecule has 8 nitrogen and oxygen atoms in total. The Hall–Kier alpha value is -3.65. The summed E-state index contributed by atoms with van der Waals surface area (Å²) in [5.41, 5.74) is 2.97. The molecule has 8 heteroatoms. The molecule has 0 radical (unpaired) electrons. The van der Waals surface area contributed by atoms with Crippen LogP contribution in [0.4, 0.5) is 11.5 Å². The average molecular weight is 471 g/mol. The van der Waals surface area contributed by atoms with Crippen LogP contribution in [0.3, 0.4) is 0 Å². The second kappa shape index (κ2) is 9.92. The van der Waals surface area contributed by atoms with Crippen molar-refractivity contribution in [3.63, 3.8) is 0 Å². The van der Waals surface area contributed by atoms with Gasteiger partial charge in [0, 0.05) is 69.3 Å². The van der Waals surface area contributed by atoms with Gasteiger partial charge in [0.25, 0.3) is 0 Å². The molecule has 2 fully saturated rings. The molecule has 180 valence electrons. The first-order valence-corrected chi connectivity index (χ1v) is 12.4. The molecule has 0 bridgehead atoms. The molecular weight excluding hydrogens is 440 g/mol. The van der Waals surface area contributed by atoms with Crippen molar-refractivity contribution >= 4 is 22.5 Å². The van der Waals surface area contributed by atoms with Crippen LogP contribution >= 0.6 is 0 Å². The first kappa shape index (κ1) is 21.9. The topological polar surface area (TPSA) is 79.6 Å². The van der Waals surface area contributed by atoms with Gasteiger partial charge in [-0.25, -0.2) is 4.98 Å². The van der Waals surface area contributed by atoms with E-state index in [9.17, 15) is 0 Å². The van der Waals surface area contributed by atoms with Gasteiger partial charge in [0.05, 0.1) is 17.7 Å². The number of ether oxygens (including phenoxy) is 1. The maximum Gasteiger partial charge on any atom is 0.213 e. The third-order valence-corrected chi connectivity index (χ3v) is 7.09. The molecule has 2 atom stereocenters. The van der Waals surface area contributed by atoms with Crippen molar-refractivity contribution < 1.29 is 9.26 Å². The number of benzene rings is 1. The molecule has 5 heterocycles. The molecule has 6 rings (SSSR count). The van der Waals surface area contributed by atoms with E-state index in [4.69, 9.17) is 9.26 Å². The first-order valence-electron chi connectivity index (χ1n) is 12.4. The number of para-hydroxylation sites is 1. The number of aromatic nitrogens is 3. The molecular formula is C27H30N6O2. The van der Waals surface area contributed by atoms with Crippen LogP contribution < -0.4 is 15.0 Å². The Kier molecular flexibility index (Phi) is 6.19. The number of nitrogens with one attached hydrogen (secondary N) is 1. The van der Waals surface area contributed by atoms with Crippen molar-refractivity contribution in [1.82, 2.24) is 20.0 Å². The summed E-state index contributed by atoms with van der Waals surface area (Å²) in [4.78, 5) is 13.6. The minimum absolute atomic E-state index is 0.527. The standard InChI is InChI=1S/C27H30N6O2/c1-2-6-25-24(5-1)27(31-35-25)33-13-12-32-17-21(7-9-23(32)18-33)19-34-26-10-8-20(15-30-26)14-29-22-4-3-11-28-16-22/h1-6,8,10-11,15-16,21,23,29H,7,9,12-14,17-19H2/t21-,23-/m1/s1. The maximum absolute atomic E-state index is 6.07. The van der Waals surface area contributed by atoms with E-state index < -0.39 is 0 Å². The van der Waals surface area contributed by atoms with Gasteiger partial charge in [-0.2, -0.15) is 0 Å². The van der Waals surface area contributed by atoms with Gasteiger partial charge >= 0.3 is 0 Å². The van der Waals surface area contributed by atoms with Crippen LogP contribution in [0.2, 0.25) is 0 Å². The normalized spacial score (nSPS) is 20.5. The molecule has 1 aromatic carbocycles. The average Bonchev–Trinajstić information content (AvgIpc) is 3.36. The van der Waals surface area contributed by atoms with Gasteiger partial charge in [0.2, 0.25) is 5.88 Å². The Balaban J connectivity index is 0.981. The lowest BCUT2D eigenvalue weighted by Crippen LogP contribution is -2.57. The van der Waals surface area contributed by atoms with E-state index in [0.29, 0.717) is 31.0 Å². The fourth-order valence-corrected chi connectivity index (χ4v) is 5.16. The number of hydrogen-bond acceptors (Lipinski definition) is 8. The molecule has 2 saturated heterocycles. The molecule has 4 aromatic rings. The zero-order valence-corrected chi connectivity index (χ0v) is 19.7. The largest absolute Gasteiger partial charge is 0.477 e.